The zero-order valence-electron chi connectivity index (χ0n) is 11.4. The molecule has 1 aromatic carbocycles. The number of benzene rings is 1. The van der Waals surface area contributed by atoms with Gasteiger partial charge < -0.3 is 5.32 Å². The second-order valence-electron chi connectivity index (χ2n) is 5.01. The van der Waals surface area contributed by atoms with Crippen LogP contribution in [0.5, 0.6) is 0 Å². The second-order valence-corrected chi connectivity index (χ2v) is 5.01. The molecule has 0 atom stereocenters. The van der Waals surface area contributed by atoms with E-state index in [2.05, 4.69) is 54.1 Å². The van der Waals surface area contributed by atoms with Crippen LogP contribution in [0.1, 0.15) is 25.3 Å². The minimum atomic E-state index is 0.719. The molecule has 1 N–H and O–H groups in total. The third-order valence-corrected chi connectivity index (χ3v) is 3.81. The van der Waals surface area contributed by atoms with E-state index >= 15 is 0 Å². The van der Waals surface area contributed by atoms with E-state index in [1.807, 2.05) is 0 Å². The average Bonchev–Trinajstić information content (AvgIpc) is 2.46. The van der Waals surface area contributed by atoms with Gasteiger partial charge in [0.2, 0.25) is 0 Å². The van der Waals surface area contributed by atoms with Gasteiger partial charge in [0.1, 0.15) is 0 Å². The number of hydrogen-bond acceptors (Lipinski definition) is 2. The van der Waals surface area contributed by atoms with Crippen LogP contribution in [0.2, 0.25) is 0 Å². The molecule has 0 saturated carbocycles. The van der Waals surface area contributed by atoms with Crippen molar-refractivity contribution in [3.05, 3.63) is 42.5 Å². The van der Waals surface area contributed by atoms with E-state index < -0.39 is 0 Å². The van der Waals surface area contributed by atoms with E-state index in [1.165, 1.54) is 24.0 Å². The van der Waals surface area contributed by atoms with Gasteiger partial charge in [-0.15, -0.1) is 0 Å². The molecule has 1 heterocycles. The summed E-state index contributed by atoms with van der Waals surface area (Å²) in [7, 11) is 0. The van der Waals surface area contributed by atoms with Crippen molar-refractivity contribution in [1.82, 2.24) is 10.2 Å². The van der Waals surface area contributed by atoms with Crippen molar-refractivity contribution in [1.29, 1.82) is 0 Å². The van der Waals surface area contributed by atoms with Crippen LogP contribution in [0.3, 0.4) is 0 Å². The first-order chi connectivity index (χ1) is 8.81. The quantitative estimate of drug-likeness (QED) is 0.857. The highest BCUT2D eigenvalue weighted by atomic mass is 15.2. The lowest BCUT2D eigenvalue weighted by atomic mass is 10.0. The molecular weight excluding hydrogens is 220 g/mol. The lowest BCUT2D eigenvalue weighted by Gasteiger charge is -2.34. The molecule has 0 spiro atoms. The Labute approximate surface area is 111 Å². The predicted octanol–water partition coefficient (Wildman–Crippen LogP) is 2.77. The molecule has 2 nitrogen and oxygen atoms in total. The van der Waals surface area contributed by atoms with Crippen molar-refractivity contribution in [3.63, 3.8) is 0 Å². The van der Waals surface area contributed by atoms with Gasteiger partial charge in [-0.05, 0) is 43.6 Å². The van der Waals surface area contributed by atoms with Crippen LogP contribution < -0.4 is 5.32 Å². The van der Waals surface area contributed by atoms with Gasteiger partial charge in [0.05, 0.1) is 0 Å². The third kappa shape index (κ3) is 3.44. The number of hydrogen-bond donors (Lipinski definition) is 1. The molecule has 2 rings (SSSR count). The molecule has 1 fully saturated rings. The molecule has 0 aromatic heterocycles. The van der Waals surface area contributed by atoms with Gasteiger partial charge in [-0.3, -0.25) is 4.90 Å². The molecule has 0 radical (unpaired) electrons. The Balaban J connectivity index is 1.95. The zero-order chi connectivity index (χ0) is 12.8. The van der Waals surface area contributed by atoms with Crippen molar-refractivity contribution in [3.8, 4) is 0 Å². The lowest BCUT2D eigenvalue weighted by Crippen LogP contribution is -2.43. The summed E-state index contributed by atoms with van der Waals surface area (Å²) in [6, 6.07) is 11.2. The second kappa shape index (κ2) is 6.72. The molecule has 0 aliphatic carbocycles. The molecule has 1 aliphatic heterocycles. The Hall–Kier alpha value is -1.12. The van der Waals surface area contributed by atoms with Crippen molar-refractivity contribution < 1.29 is 0 Å². The minimum absolute atomic E-state index is 0.719. The summed E-state index contributed by atoms with van der Waals surface area (Å²) in [6.45, 7) is 10.9. The van der Waals surface area contributed by atoms with Crippen LogP contribution in [0.25, 0.3) is 5.57 Å². The molecule has 0 bridgehead atoms. The van der Waals surface area contributed by atoms with E-state index in [0.29, 0.717) is 0 Å². The molecule has 18 heavy (non-hydrogen) atoms. The standard InChI is InChI=1S/C16H24N2/c1-3-18(16-9-11-17-12-10-16)13-14(2)15-7-5-4-6-8-15/h4-8,16-17H,2-3,9-13H2,1H3. The van der Waals surface area contributed by atoms with Gasteiger partial charge in [0.25, 0.3) is 0 Å². The SMILES string of the molecule is C=C(CN(CC)C1CCNCC1)c1ccccc1. The summed E-state index contributed by atoms with van der Waals surface area (Å²) in [6.07, 6.45) is 2.52. The van der Waals surface area contributed by atoms with E-state index in [-0.39, 0.29) is 0 Å². The van der Waals surface area contributed by atoms with Crippen molar-refractivity contribution in [2.75, 3.05) is 26.2 Å². The number of nitrogens with one attached hydrogen (secondary N) is 1. The topological polar surface area (TPSA) is 15.3 Å². The lowest BCUT2D eigenvalue weighted by molar-refractivity contribution is 0.190. The van der Waals surface area contributed by atoms with E-state index in [9.17, 15) is 0 Å². The number of nitrogens with zero attached hydrogens (tertiary/aromatic N) is 1. The first kappa shape index (κ1) is 13.3. The van der Waals surface area contributed by atoms with Gasteiger partial charge >= 0.3 is 0 Å². The van der Waals surface area contributed by atoms with Crippen LogP contribution in [0.15, 0.2) is 36.9 Å². The molecule has 0 unspecified atom stereocenters. The zero-order valence-corrected chi connectivity index (χ0v) is 11.4. The molecule has 2 heteroatoms. The van der Waals surface area contributed by atoms with Crippen LogP contribution in [-0.2, 0) is 0 Å². The highest BCUT2D eigenvalue weighted by Crippen LogP contribution is 2.18. The summed E-state index contributed by atoms with van der Waals surface area (Å²) < 4.78 is 0. The van der Waals surface area contributed by atoms with E-state index in [0.717, 1.165) is 32.2 Å². The Morgan fingerprint density at radius 3 is 2.56 bits per heavy atom. The van der Waals surface area contributed by atoms with Crippen LogP contribution in [0, 0.1) is 0 Å². The first-order valence-corrected chi connectivity index (χ1v) is 6.99. The fraction of sp³-hybridized carbons (Fsp3) is 0.500. The van der Waals surface area contributed by atoms with Gasteiger partial charge in [0.15, 0.2) is 0 Å². The van der Waals surface area contributed by atoms with Crippen LogP contribution in [-0.4, -0.2) is 37.1 Å². The fourth-order valence-corrected chi connectivity index (χ4v) is 2.68. The van der Waals surface area contributed by atoms with Crippen LogP contribution in [0.4, 0.5) is 0 Å². The summed E-state index contributed by atoms with van der Waals surface area (Å²) in [5, 5.41) is 3.43. The number of likely N-dealkylation sites (N-methyl/N-ethyl adjacent to an activating group) is 1. The summed E-state index contributed by atoms with van der Waals surface area (Å²) in [5.74, 6) is 0. The molecular formula is C16H24N2. The monoisotopic (exact) mass is 244 g/mol. The molecule has 1 saturated heterocycles. The van der Waals surface area contributed by atoms with Crippen LogP contribution >= 0.6 is 0 Å². The Morgan fingerprint density at radius 2 is 1.94 bits per heavy atom. The molecule has 1 aromatic rings. The highest BCUT2D eigenvalue weighted by molar-refractivity contribution is 5.64. The average molecular weight is 244 g/mol. The highest BCUT2D eigenvalue weighted by Gasteiger charge is 2.20. The van der Waals surface area contributed by atoms with E-state index in [1.54, 1.807) is 0 Å². The maximum absolute atomic E-state index is 4.25. The summed E-state index contributed by atoms with van der Waals surface area (Å²) in [4.78, 5) is 2.57. The van der Waals surface area contributed by atoms with Gasteiger partial charge in [-0.25, -0.2) is 0 Å². The number of rotatable bonds is 5. The van der Waals surface area contributed by atoms with Crippen molar-refractivity contribution in [2.24, 2.45) is 0 Å². The van der Waals surface area contributed by atoms with Crippen molar-refractivity contribution >= 4 is 5.57 Å². The normalized spacial score (nSPS) is 17.0. The largest absolute Gasteiger partial charge is 0.317 e. The van der Waals surface area contributed by atoms with E-state index in [4.69, 9.17) is 0 Å². The smallest absolute Gasteiger partial charge is 0.0236 e. The number of piperidine rings is 1. The molecule has 98 valence electrons. The molecule has 1 aliphatic rings. The van der Waals surface area contributed by atoms with Crippen molar-refractivity contribution in [2.45, 2.75) is 25.8 Å². The minimum Gasteiger partial charge on any atom is -0.317 e. The maximum atomic E-state index is 4.25. The van der Waals surface area contributed by atoms with Gasteiger partial charge in [-0.1, -0.05) is 43.8 Å². The Kier molecular flexibility index (Phi) is 4.97. The molecule has 0 amide bonds. The van der Waals surface area contributed by atoms with Gasteiger partial charge in [-0.2, -0.15) is 0 Å². The third-order valence-electron chi connectivity index (χ3n) is 3.81. The van der Waals surface area contributed by atoms with Gasteiger partial charge in [0, 0.05) is 12.6 Å². The Morgan fingerprint density at radius 1 is 1.28 bits per heavy atom. The fourth-order valence-electron chi connectivity index (χ4n) is 2.68. The first-order valence-electron chi connectivity index (χ1n) is 6.99. The summed E-state index contributed by atoms with van der Waals surface area (Å²) >= 11 is 0. The maximum Gasteiger partial charge on any atom is 0.0236 e. The Bertz CT molecular complexity index is 366. The summed E-state index contributed by atoms with van der Waals surface area (Å²) in [5.41, 5.74) is 2.50. The predicted molar refractivity (Wildman–Crippen MR) is 78.6 cm³/mol.